The predicted octanol–water partition coefficient (Wildman–Crippen LogP) is 6.01. The average Bonchev–Trinajstić information content (AvgIpc) is 3.29. The van der Waals surface area contributed by atoms with E-state index in [0.29, 0.717) is 11.3 Å². The molecule has 0 N–H and O–H groups in total. The lowest BCUT2D eigenvalue weighted by molar-refractivity contribution is -0.127. The number of halogens is 2. The molecule has 1 saturated heterocycles. The second-order valence-corrected chi connectivity index (χ2v) is 11.0. The monoisotopic (exact) mass is 497 g/mol. The number of rotatable bonds is 2. The van der Waals surface area contributed by atoms with Gasteiger partial charge in [0.2, 0.25) is 0 Å². The summed E-state index contributed by atoms with van der Waals surface area (Å²) in [5.74, 6) is -3.20. The summed E-state index contributed by atoms with van der Waals surface area (Å²) < 4.78 is 29.8. The van der Waals surface area contributed by atoms with Crippen LogP contribution in [0.3, 0.4) is 0 Å². The fourth-order valence-corrected chi connectivity index (χ4v) is 6.46. The molecule has 6 rings (SSSR count). The molecule has 6 heteroatoms. The van der Waals surface area contributed by atoms with E-state index in [1.165, 1.54) is 18.2 Å². The van der Waals surface area contributed by atoms with Crippen LogP contribution in [0, 0.1) is 22.5 Å². The number of hydrogen-bond donors (Lipinski definition) is 0. The first-order chi connectivity index (χ1) is 17.6. The van der Waals surface area contributed by atoms with Gasteiger partial charge in [0, 0.05) is 33.7 Å². The van der Waals surface area contributed by atoms with Crippen molar-refractivity contribution in [2.24, 2.45) is 10.8 Å². The van der Waals surface area contributed by atoms with E-state index in [1.54, 1.807) is 86.4 Å². The van der Waals surface area contributed by atoms with Crippen LogP contribution in [0.1, 0.15) is 58.5 Å². The fourth-order valence-electron chi connectivity index (χ4n) is 6.46. The number of fused-ring (bicyclic) bond motifs is 5. The lowest BCUT2D eigenvalue weighted by atomic mass is 9.63. The van der Waals surface area contributed by atoms with E-state index in [0.717, 1.165) is 0 Å². The van der Waals surface area contributed by atoms with Crippen LogP contribution < -0.4 is 4.90 Å². The zero-order valence-corrected chi connectivity index (χ0v) is 20.7. The molecule has 2 heterocycles. The van der Waals surface area contributed by atoms with Gasteiger partial charge >= 0.3 is 0 Å². The minimum absolute atomic E-state index is 0.145. The summed E-state index contributed by atoms with van der Waals surface area (Å²) in [4.78, 5) is 44.8. The first-order valence-electron chi connectivity index (χ1n) is 12.3. The Morgan fingerprint density at radius 1 is 0.892 bits per heavy atom. The van der Waals surface area contributed by atoms with Crippen molar-refractivity contribution in [3.63, 3.8) is 0 Å². The predicted molar refractivity (Wildman–Crippen MR) is 137 cm³/mol. The van der Waals surface area contributed by atoms with Crippen LogP contribution in [0.4, 0.5) is 14.5 Å². The summed E-state index contributed by atoms with van der Waals surface area (Å²) >= 11 is 0. The number of benzene rings is 3. The van der Waals surface area contributed by atoms with Gasteiger partial charge in [0.25, 0.3) is 0 Å². The van der Waals surface area contributed by atoms with E-state index in [1.807, 2.05) is 0 Å². The second-order valence-electron chi connectivity index (χ2n) is 11.0. The highest BCUT2D eigenvalue weighted by Gasteiger charge is 2.72. The largest absolute Gasteiger partial charge is 0.352 e. The van der Waals surface area contributed by atoms with Gasteiger partial charge in [0.05, 0.1) is 12.1 Å². The Hall–Kier alpha value is -3.93. The van der Waals surface area contributed by atoms with Gasteiger partial charge in [-0.1, -0.05) is 75.4 Å². The lowest BCUT2D eigenvalue weighted by Gasteiger charge is -2.38. The molecule has 2 aliphatic heterocycles. The van der Waals surface area contributed by atoms with Gasteiger partial charge in [-0.25, -0.2) is 8.78 Å². The number of ketones is 3. The molecule has 0 radical (unpaired) electrons. The summed E-state index contributed by atoms with van der Waals surface area (Å²) in [6, 6.07) is 15.0. The molecule has 3 aliphatic rings. The third-order valence-corrected chi connectivity index (χ3v) is 8.01. The molecule has 0 saturated carbocycles. The van der Waals surface area contributed by atoms with Crippen LogP contribution in [0.25, 0.3) is 6.08 Å². The number of carbonyl (C=O) groups excluding carboxylic acids is 3. The van der Waals surface area contributed by atoms with Crippen LogP contribution in [-0.2, 0) is 4.79 Å². The fraction of sp³-hybridized carbons (Fsp3) is 0.258. The van der Waals surface area contributed by atoms with E-state index >= 15 is 4.39 Å². The Bertz CT molecular complexity index is 1500. The van der Waals surface area contributed by atoms with Crippen molar-refractivity contribution in [3.05, 3.63) is 107 Å². The van der Waals surface area contributed by atoms with Gasteiger partial charge < -0.3 is 4.90 Å². The van der Waals surface area contributed by atoms with Crippen LogP contribution in [0.15, 0.2) is 72.8 Å². The van der Waals surface area contributed by atoms with Crippen LogP contribution in [0.5, 0.6) is 0 Å². The van der Waals surface area contributed by atoms with Crippen molar-refractivity contribution in [2.75, 3.05) is 4.90 Å². The van der Waals surface area contributed by atoms with Gasteiger partial charge in [0.15, 0.2) is 17.3 Å². The Morgan fingerprint density at radius 3 is 2.14 bits per heavy atom. The van der Waals surface area contributed by atoms with E-state index in [4.69, 9.17) is 0 Å². The number of hydrogen-bond acceptors (Lipinski definition) is 4. The first kappa shape index (κ1) is 23.5. The average molecular weight is 498 g/mol. The van der Waals surface area contributed by atoms with Crippen LogP contribution in [-0.4, -0.2) is 29.4 Å². The Labute approximate surface area is 213 Å². The summed E-state index contributed by atoms with van der Waals surface area (Å²) in [6.45, 7) is 5.31. The Morgan fingerprint density at radius 2 is 1.51 bits per heavy atom. The molecule has 4 nitrogen and oxygen atoms in total. The molecule has 0 unspecified atom stereocenters. The van der Waals surface area contributed by atoms with E-state index < -0.39 is 52.0 Å². The Balaban J connectivity index is 1.72. The van der Waals surface area contributed by atoms with E-state index in [2.05, 4.69) is 0 Å². The third-order valence-electron chi connectivity index (χ3n) is 8.01. The normalized spacial score (nSPS) is 23.3. The zero-order chi connectivity index (χ0) is 26.3. The maximum atomic E-state index is 15.6. The molecule has 3 aromatic carbocycles. The number of nitrogens with zero attached hydrogens (tertiary/aromatic N) is 1. The SMILES string of the molecule is CC(C)(C)C(=O)[C@H]1[C@H](c2ccccc2F)C2(C(=O)c3ccccc3C2=O)[C@H]2C=Cc3cc(F)ccc3N12. The standard InChI is InChI=1S/C31H25F2NO3/c1-30(2,3)29(37)26-25(21-10-6-7-11-22(21)33)31(27(35)19-8-4-5-9-20(19)28(31)36)24-15-12-17-16-18(32)13-14-23(17)34(24)26/h4-16,24-26H,1-3H3/t24-,25+,26-/m1/s1. The lowest BCUT2D eigenvalue weighted by Crippen LogP contribution is -2.49. The highest BCUT2D eigenvalue weighted by molar-refractivity contribution is 6.32. The highest BCUT2D eigenvalue weighted by Crippen LogP contribution is 2.61. The molecule has 1 spiro atoms. The van der Waals surface area contributed by atoms with Crippen molar-refractivity contribution < 1.29 is 23.2 Å². The molecular weight excluding hydrogens is 472 g/mol. The molecule has 0 amide bonds. The van der Waals surface area contributed by atoms with Crippen molar-refractivity contribution in [2.45, 2.75) is 38.8 Å². The molecule has 1 fully saturated rings. The van der Waals surface area contributed by atoms with Crippen molar-refractivity contribution in [3.8, 4) is 0 Å². The summed E-state index contributed by atoms with van der Waals surface area (Å²) in [5.41, 5.74) is -0.879. The summed E-state index contributed by atoms with van der Waals surface area (Å²) in [6.07, 6.45) is 3.39. The molecule has 186 valence electrons. The number of carbonyl (C=O) groups is 3. The molecular formula is C31H25F2NO3. The molecule has 3 aromatic rings. The quantitative estimate of drug-likeness (QED) is 0.407. The number of Topliss-reactive ketones (excluding diaryl/α,β-unsaturated/α-hetero) is 3. The van der Waals surface area contributed by atoms with E-state index in [-0.39, 0.29) is 22.5 Å². The van der Waals surface area contributed by atoms with Crippen molar-refractivity contribution in [1.82, 2.24) is 0 Å². The minimum atomic E-state index is -1.76. The van der Waals surface area contributed by atoms with Crippen LogP contribution >= 0.6 is 0 Å². The van der Waals surface area contributed by atoms with Gasteiger partial charge in [0.1, 0.15) is 17.0 Å². The topological polar surface area (TPSA) is 54.5 Å². The molecule has 0 bridgehead atoms. The zero-order valence-electron chi connectivity index (χ0n) is 20.7. The molecule has 0 aromatic heterocycles. The maximum Gasteiger partial charge on any atom is 0.180 e. The van der Waals surface area contributed by atoms with Crippen molar-refractivity contribution >= 4 is 29.1 Å². The molecule has 1 aliphatic carbocycles. The molecule has 37 heavy (non-hydrogen) atoms. The van der Waals surface area contributed by atoms with Crippen molar-refractivity contribution in [1.29, 1.82) is 0 Å². The smallest absolute Gasteiger partial charge is 0.180 e. The van der Waals surface area contributed by atoms with Gasteiger partial charge in [-0.3, -0.25) is 14.4 Å². The van der Waals surface area contributed by atoms with Gasteiger partial charge in [-0.15, -0.1) is 0 Å². The third kappa shape index (κ3) is 3.02. The van der Waals surface area contributed by atoms with E-state index in [9.17, 15) is 18.8 Å². The highest BCUT2D eigenvalue weighted by atomic mass is 19.1. The van der Waals surface area contributed by atoms with Crippen LogP contribution in [0.2, 0.25) is 0 Å². The minimum Gasteiger partial charge on any atom is -0.352 e. The number of anilines is 1. The first-order valence-corrected chi connectivity index (χ1v) is 12.3. The summed E-state index contributed by atoms with van der Waals surface area (Å²) in [5, 5.41) is 0. The second kappa shape index (κ2) is 7.78. The van der Waals surface area contributed by atoms with Gasteiger partial charge in [-0.2, -0.15) is 0 Å². The summed E-state index contributed by atoms with van der Waals surface area (Å²) in [7, 11) is 0. The Kier molecular flexibility index (Phi) is 4.94. The maximum absolute atomic E-state index is 15.6. The molecule has 3 atom stereocenters. The van der Waals surface area contributed by atoms with Gasteiger partial charge in [-0.05, 0) is 29.8 Å².